The van der Waals surface area contributed by atoms with E-state index >= 15 is 0 Å². The van der Waals surface area contributed by atoms with Crippen LogP contribution in [0.25, 0.3) is 0 Å². The van der Waals surface area contributed by atoms with Gasteiger partial charge < -0.3 is 5.73 Å². The molecule has 0 aromatic heterocycles. The zero-order valence-electron chi connectivity index (χ0n) is 18.5. The van der Waals surface area contributed by atoms with Gasteiger partial charge in [0.15, 0.2) is 0 Å². The normalized spacial score (nSPS) is 30.7. The third kappa shape index (κ3) is 3.41. The SMILES string of the molecule is CC(C)CN1C2C3C=NC(CC3C1(Cc1ccccc1)Cc1ccccc1)C2C(N)=O. The van der Waals surface area contributed by atoms with Crippen molar-refractivity contribution < 1.29 is 4.79 Å². The monoisotopic (exact) mass is 415 g/mol. The van der Waals surface area contributed by atoms with Crippen molar-refractivity contribution in [2.45, 2.75) is 50.7 Å². The van der Waals surface area contributed by atoms with Gasteiger partial charge in [-0.2, -0.15) is 0 Å². The summed E-state index contributed by atoms with van der Waals surface area (Å²) < 4.78 is 0. The van der Waals surface area contributed by atoms with E-state index in [1.54, 1.807) is 0 Å². The van der Waals surface area contributed by atoms with Gasteiger partial charge >= 0.3 is 0 Å². The lowest BCUT2D eigenvalue weighted by Crippen LogP contribution is -2.57. The Labute approximate surface area is 185 Å². The summed E-state index contributed by atoms with van der Waals surface area (Å²) in [6.07, 6.45) is 5.10. The van der Waals surface area contributed by atoms with Crippen LogP contribution in [0.5, 0.6) is 0 Å². The molecule has 162 valence electrons. The van der Waals surface area contributed by atoms with E-state index in [-0.39, 0.29) is 29.4 Å². The molecule has 5 atom stereocenters. The molecular weight excluding hydrogens is 382 g/mol. The Balaban J connectivity index is 1.65. The number of benzene rings is 2. The number of nitrogens with zero attached hydrogens (tertiary/aromatic N) is 2. The molecule has 5 unspecified atom stereocenters. The second-order valence-electron chi connectivity index (χ2n) is 10.2. The summed E-state index contributed by atoms with van der Waals surface area (Å²) in [6, 6.07) is 21.9. The average Bonchev–Trinajstić information content (AvgIpc) is 2.95. The smallest absolute Gasteiger partial charge is 0.224 e. The lowest BCUT2D eigenvalue weighted by atomic mass is 9.63. The van der Waals surface area contributed by atoms with Gasteiger partial charge in [-0.25, -0.2) is 0 Å². The molecule has 2 fully saturated rings. The molecule has 1 aliphatic carbocycles. The van der Waals surface area contributed by atoms with Crippen LogP contribution in [0.4, 0.5) is 0 Å². The molecule has 3 aliphatic heterocycles. The first-order valence-electron chi connectivity index (χ1n) is 11.7. The second-order valence-corrected chi connectivity index (χ2v) is 10.2. The van der Waals surface area contributed by atoms with Crippen molar-refractivity contribution in [1.82, 2.24) is 4.90 Å². The lowest BCUT2D eigenvalue weighted by Gasteiger charge is -2.45. The van der Waals surface area contributed by atoms with Gasteiger partial charge in [0.2, 0.25) is 5.91 Å². The predicted octanol–water partition coefficient (Wildman–Crippen LogP) is 3.74. The minimum atomic E-state index is -0.182. The molecule has 2 N–H and O–H groups in total. The highest BCUT2D eigenvalue weighted by molar-refractivity contribution is 5.82. The average molecular weight is 416 g/mol. The highest BCUT2D eigenvalue weighted by Crippen LogP contribution is 2.57. The third-order valence-corrected chi connectivity index (χ3v) is 7.81. The fourth-order valence-corrected chi connectivity index (χ4v) is 6.79. The number of carbonyl (C=O) groups excluding carboxylic acids is 1. The Kier molecular flexibility index (Phi) is 5.21. The van der Waals surface area contributed by atoms with Crippen LogP contribution >= 0.6 is 0 Å². The van der Waals surface area contributed by atoms with E-state index in [0.29, 0.717) is 17.8 Å². The molecule has 4 aliphatic rings. The summed E-state index contributed by atoms with van der Waals surface area (Å²) in [6.45, 7) is 5.54. The molecule has 4 heteroatoms. The van der Waals surface area contributed by atoms with Crippen molar-refractivity contribution in [1.29, 1.82) is 0 Å². The standard InChI is InChI=1S/C27H33N3O/c1-18(2)17-30-25-21-16-29-23(24(25)26(28)31)13-22(21)27(30,14-19-9-5-3-6-10-19)15-20-11-7-4-8-12-20/h3-12,16,18,21-25H,13-15,17H2,1-2H3,(H2,28,31). The molecule has 1 saturated carbocycles. The van der Waals surface area contributed by atoms with E-state index in [1.807, 2.05) is 0 Å². The quantitative estimate of drug-likeness (QED) is 0.749. The van der Waals surface area contributed by atoms with Gasteiger partial charge in [0.1, 0.15) is 0 Å². The van der Waals surface area contributed by atoms with Crippen LogP contribution in [-0.4, -0.2) is 41.2 Å². The highest BCUT2D eigenvalue weighted by Gasteiger charge is 2.66. The van der Waals surface area contributed by atoms with Gasteiger partial charge in [0, 0.05) is 30.3 Å². The molecule has 4 bridgehead atoms. The van der Waals surface area contributed by atoms with Crippen molar-refractivity contribution >= 4 is 12.1 Å². The summed E-state index contributed by atoms with van der Waals surface area (Å²) in [5, 5.41) is 0. The second kappa shape index (κ2) is 7.90. The van der Waals surface area contributed by atoms with E-state index in [2.05, 4.69) is 85.6 Å². The lowest BCUT2D eigenvalue weighted by molar-refractivity contribution is -0.125. The van der Waals surface area contributed by atoms with Crippen LogP contribution < -0.4 is 5.73 Å². The minimum absolute atomic E-state index is 0.0283. The first-order chi connectivity index (χ1) is 15.0. The molecular formula is C27H33N3O. The van der Waals surface area contributed by atoms with Gasteiger partial charge in [-0.15, -0.1) is 0 Å². The Hall–Kier alpha value is -2.46. The molecule has 4 nitrogen and oxygen atoms in total. The molecule has 1 saturated heterocycles. The fraction of sp³-hybridized carbons (Fsp3) is 0.481. The number of hydrogen-bond donors (Lipinski definition) is 1. The van der Waals surface area contributed by atoms with E-state index in [9.17, 15) is 4.79 Å². The van der Waals surface area contributed by atoms with Gasteiger partial charge in [0.25, 0.3) is 0 Å². The Bertz CT molecular complexity index is 913. The van der Waals surface area contributed by atoms with Crippen molar-refractivity contribution in [2.24, 2.45) is 34.4 Å². The number of amides is 1. The van der Waals surface area contributed by atoms with Crippen molar-refractivity contribution in [3.05, 3.63) is 71.8 Å². The zero-order valence-corrected chi connectivity index (χ0v) is 18.5. The molecule has 0 radical (unpaired) electrons. The van der Waals surface area contributed by atoms with Crippen LogP contribution in [0, 0.1) is 23.7 Å². The molecule has 6 rings (SSSR count). The van der Waals surface area contributed by atoms with Gasteiger partial charge in [-0.1, -0.05) is 74.5 Å². The van der Waals surface area contributed by atoms with Crippen LogP contribution in [-0.2, 0) is 17.6 Å². The number of primary amides is 1. The largest absolute Gasteiger partial charge is 0.369 e. The molecule has 1 amide bonds. The van der Waals surface area contributed by atoms with Gasteiger partial charge in [0.05, 0.1) is 12.0 Å². The number of aliphatic imine (C=N–C) groups is 1. The third-order valence-electron chi connectivity index (χ3n) is 7.81. The van der Waals surface area contributed by atoms with Crippen molar-refractivity contribution in [3.63, 3.8) is 0 Å². The molecule has 2 aromatic carbocycles. The van der Waals surface area contributed by atoms with E-state index in [4.69, 9.17) is 10.7 Å². The molecule has 3 heterocycles. The number of nitrogens with two attached hydrogens (primary N) is 1. The van der Waals surface area contributed by atoms with Crippen LogP contribution in [0.1, 0.15) is 31.4 Å². The number of carbonyl (C=O) groups is 1. The van der Waals surface area contributed by atoms with E-state index in [1.165, 1.54) is 11.1 Å². The maximum absolute atomic E-state index is 12.6. The first-order valence-corrected chi connectivity index (χ1v) is 11.7. The van der Waals surface area contributed by atoms with Crippen LogP contribution in [0.3, 0.4) is 0 Å². The fourth-order valence-electron chi connectivity index (χ4n) is 6.79. The molecule has 31 heavy (non-hydrogen) atoms. The predicted molar refractivity (Wildman–Crippen MR) is 125 cm³/mol. The number of rotatable bonds is 7. The summed E-state index contributed by atoms with van der Waals surface area (Å²) in [4.78, 5) is 20.1. The Morgan fingerprint density at radius 3 is 2.16 bits per heavy atom. The van der Waals surface area contributed by atoms with Gasteiger partial charge in [-0.3, -0.25) is 14.7 Å². The molecule has 0 spiro atoms. The highest BCUT2D eigenvalue weighted by atomic mass is 16.1. The van der Waals surface area contributed by atoms with Crippen LogP contribution in [0.2, 0.25) is 0 Å². The summed E-state index contributed by atoms with van der Waals surface area (Å²) in [5.41, 5.74) is 8.67. The summed E-state index contributed by atoms with van der Waals surface area (Å²) in [7, 11) is 0. The molecule has 2 aromatic rings. The van der Waals surface area contributed by atoms with Crippen molar-refractivity contribution in [2.75, 3.05) is 6.54 Å². The van der Waals surface area contributed by atoms with E-state index < -0.39 is 0 Å². The summed E-state index contributed by atoms with van der Waals surface area (Å²) >= 11 is 0. The topological polar surface area (TPSA) is 58.7 Å². The summed E-state index contributed by atoms with van der Waals surface area (Å²) in [5.74, 6) is 0.926. The Morgan fingerprint density at radius 2 is 1.65 bits per heavy atom. The van der Waals surface area contributed by atoms with Gasteiger partial charge in [-0.05, 0) is 42.2 Å². The maximum Gasteiger partial charge on any atom is 0.224 e. The zero-order chi connectivity index (χ0) is 21.6. The first kappa shape index (κ1) is 20.4. The van der Waals surface area contributed by atoms with Crippen molar-refractivity contribution in [3.8, 4) is 0 Å². The maximum atomic E-state index is 12.6. The number of hydrogen-bond acceptors (Lipinski definition) is 3. The van der Waals surface area contributed by atoms with Crippen LogP contribution in [0.15, 0.2) is 65.7 Å². The number of likely N-dealkylation sites (tertiary alicyclic amines) is 1. The Morgan fingerprint density at radius 1 is 1.06 bits per heavy atom. The minimum Gasteiger partial charge on any atom is -0.369 e. The van der Waals surface area contributed by atoms with E-state index in [0.717, 1.165) is 25.8 Å².